The lowest BCUT2D eigenvalue weighted by molar-refractivity contribution is -0.161. The molecule has 0 fully saturated rings. The molecule has 0 heterocycles. The Bertz CT molecular complexity index is 1140. The van der Waals surface area contributed by atoms with Crippen molar-refractivity contribution in [2.75, 3.05) is 26.4 Å². The van der Waals surface area contributed by atoms with Crippen LogP contribution in [-0.4, -0.2) is 49.3 Å². The molecule has 0 aromatic heterocycles. The molecule has 0 saturated heterocycles. The molecule has 3 N–H and O–H groups in total. The fourth-order valence-corrected chi connectivity index (χ4v) is 7.74. The summed E-state index contributed by atoms with van der Waals surface area (Å²) in [6, 6.07) is 0. The Morgan fingerprint density at radius 3 is 1.30 bits per heavy atom. The van der Waals surface area contributed by atoms with E-state index >= 15 is 0 Å². The van der Waals surface area contributed by atoms with E-state index in [0.29, 0.717) is 6.42 Å². The van der Waals surface area contributed by atoms with Crippen molar-refractivity contribution in [1.82, 2.24) is 0 Å². The number of phosphoric acid groups is 1. The van der Waals surface area contributed by atoms with E-state index in [1.807, 2.05) is 0 Å². The van der Waals surface area contributed by atoms with Crippen LogP contribution in [0.25, 0.3) is 0 Å². The molecule has 0 aliphatic heterocycles. The van der Waals surface area contributed by atoms with Crippen molar-refractivity contribution >= 4 is 19.8 Å². The minimum atomic E-state index is -4.39. The summed E-state index contributed by atoms with van der Waals surface area (Å²) in [5.74, 6) is -0.857. The number of hydrogen-bond acceptors (Lipinski definition) is 8. The minimum absolute atomic E-state index is 0.0475. The number of esters is 2. The topological polar surface area (TPSA) is 134 Å². The molecule has 9 nitrogen and oxygen atoms in total. The fraction of sp³-hybridized carbons (Fsp3) is 0.804. The molecule has 0 aliphatic rings. The number of allylic oxidation sites excluding steroid dienone is 8. The van der Waals surface area contributed by atoms with Crippen LogP contribution in [0.5, 0.6) is 0 Å². The van der Waals surface area contributed by atoms with Crippen molar-refractivity contribution in [3.8, 4) is 0 Å². The van der Waals surface area contributed by atoms with Crippen LogP contribution in [0.4, 0.5) is 0 Å². The maximum absolute atomic E-state index is 12.6. The van der Waals surface area contributed by atoms with Gasteiger partial charge in [0.1, 0.15) is 6.61 Å². The number of phosphoric ester groups is 1. The van der Waals surface area contributed by atoms with Crippen LogP contribution in [0.15, 0.2) is 48.6 Å². The molecule has 0 radical (unpaired) electrons. The van der Waals surface area contributed by atoms with Gasteiger partial charge in [-0.15, -0.1) is 0 Å². The quantitative estimate of drug-likeness (QED) is 0.0265. The third kappa shape index (κ3) is 47.3. The first-order valence-electron chi connectivity index (χ1n) is 25.1. The molecule has 0 aliphatic carbocycles. The Hall–Kier alpha value is -2.03. The van der Waals surface area contributed by atoms with Crippen LogP contribution >= 0.6 is 7.82 Å². The highest BCUT2D eigenvalue weighted by Crippen LogP contribution is 2.43. The Balaban J connectivity index is 4.10. The lowest BCUT2D eigenvalue weighted by Gasteiger charge is -2.19. The Labute approximate surface area is 375 Å². The maximum Gasteiger partial charge on any atom is 0.472 e. The van der Waals surface area contributed by atoms with Gasteiger partial charge in [-0.25, -0.2) is 4.57 Å². The van der Waals surface area contributed by atoms with Gasteiger partial charge in [0.25, 0.3) is 0 Å². The standard InChI is InChI=1S/C51H94NO8P/c1-3-5-7-9-11-13-15-17-19-21-23-24-26-27-29-31-33-35-37-39-41-43-50(53)57-47-49(48-59-61(55,56)58-46-45-52)60-51(54)44-42-40-38-36-34-32-30-28-25-22-20-18-16-14-12-10-8-6-4-2/h12,14,18,20,25,28,32,34,49H,3-11,13,15-17,19,21-24,26-27,29-31,33,35-48,52H2,1-2H3,(H,55,56)/b14-12-,20-18-,28-25-,34-32-/t49-/m1/s1. The molecule has 2 atom stereocenters. The summed E-state index contributed by atoms with van der Waals surface area (Å²) in [5, 5.41) is 0. The van der Waals surface area contributed by atoms with Gasteiger partial charge in [0, 0.05) is 19.4 Å². The van der Waals surface area contributed by atoms with Gasteiger partial charge in [0.05, 0.1) is 13.2 Å². The number of unbranched alkanes of at least 4 members (excludes halogenated alkanes) is 26. The summed E-state index contributed by atoms with van der Waals surface area (Å²) in [5.41, 5.74) is 5.36. The molecular formula is C51H94NO8P. The molecule has 0 saturated carbocycles. The average Bonchev–Trinajstić information content (AvgIpc) is 3.25. The smallest absolute Gasteiger partial charge is 0.462 e. The first-order chi connectivity index (χ1) is 29.8. The molecule has 0 rings (SSSR count). The predicted molar refractivity (Wildman–Crippen MR) is 257 cm³/mol. The Morgan fingerprint density at radius 2 is 0.852 bits per heavy atom. The predicted octanol–water partition coefficient (Wildman–Crippen LogP) is 15.1. The molecular weight excluding hydrogens is 786 g/mol. The summed E-state index contributed by atoms with van der Waals surface area (Å²) >= 11 is 0. The molecule has 356 valence electrons. The highest BCUT2D eigenvalue weighted by atomic mass is 31.2. The third-order valence-electron chi connectivity index (χ3n) is 10.7. The molecule has 0 aromatic rings. The lowest BCUT2D eigenvalue weighted by atomic mass is 10.0. The lowest BCUT2D eigenvalue weighted by Crippen LogP contribution is -2.29. The zero-order chi connectivity index (χ0) is 44.6. The largest absolute Gasteiger partial charge is 0.472 e. The van der Waals surface area contributed by atoms with E-state index in [4.69, 9.17) is 24.3 Å². The highest BCUT2D eigenvalue weighted by molar-refractivity contribution is 7.47. The number of carbonyl (C=O) groups is 2. The number of hydrogen-bond donors (Lipinski definition) is 2. The van der Waals surface area contributed by atoms with Gasteiger partial charge in [-0.3, -0.25) is 18.6 Å². The van der Waals surface area contributed by atoms with Crippen LogP contribution in [0.1, 0.15) is 232 Å². The number of nitrogens with two attached hydrogens (primary N) is 1. The van der Waals surface area contributed by atoms with Crippen LogP contribution in [0.2, 0.25) is 0 Å². The second-order valence-corrected chi connectivity index (χ2v) is 18.1. The van der Waals surface area contributed by atoms with Crippen molar-refractivity contribution in [3.63, 3.8) is 0 Å². The van der Waals surface area contributed by atoms with Gasteiger partial charge in [-0.1, -0.05) is 210 Å². The zero-order valence-corrected chi connectivity index (χ0v) is 40.3. The van der Waals surface area contributed by atoms with Crippen LogP contribution in [-0.2, 0) is 32.7 Å². The summed E-state index contributed by atoms with van der Waals surface area (Å²) in [6.07, 6.45) is 55.8. The summed E-state index contributed by atoms with van der Waals surface area (Å²) in [7, 11) is -4.39. The fourth-order valence-electron chi connectivity index (χ4n) is 6.97. The first-order valence-corrected chi connectivity index (χ1v) is 26.6. The normalized spacial score (nSPS) is 13.6. The Kier molecular flexibility index (Phi) is 45.9. The molecule has 0 aromatic carbocycles. The molecule has 1 unspecified atom stereocenters. The van der Waals surface area contributed by atoms with Gasteiger partial charge in [-0.2, -0.15) is 0 Å². The summed E-state index contributed by atoms with van der Waals surface area (Å²) < 4.78 is 32.9. The first kappa shape index (κ1) is 59.0. The Morgan fingerprint density at radius 1 is 0.492 bits per heavy atom. The van der Waals surface area contributed by atoms with Gasteiger partial charge < -0.3 is 20.1 Å². The van der Waals surface area contributed by atoms with Crippen molar-refractivity contribution < 1.29 is 37.6 Å². The van der Waals surface area contributed by atoms with E-state index in [-0.39, 0.29) is 38.6 Å². The van der Waals surface area contributed by atoms with Gasteiger partial charge in [-0.05, 0) is 57.8 Å². The van der Waals surface area contributed by atoms with E-state index in [2.05, 4.69) is 62.5 Å². The average molecular weight is 880 g/mol. The second-order valence-electron chi connectivity index (χ2n) is 16.7. The summed E-state index contributed by atoms with van der Waals surface area (Å²) in [6.45, 7) is 3.70. The van der Waals surface area contributed by atoms with Crippen LogP contribution in [0, 0.1) is 0 Å². The number of rotatable bonds is 47. The van der Waals surface area contributed by atoms with Crippen molar-refractivity contribution in [2.24, 2.45) is 5.73 Å². The van der Waals surface area contributed by atoms with Crippen molar-refractivity contribution in [1.29, 1.82) is 0 Å². The van der Waals surface area contributed by atoms with Crippen LogP contribution < -0.4 is 5.73 Å². The SMILES string of the molecule is CCCCC/C=C\C/C=C\C/C=C\C/C=C\CCCCCC(=O)O[C@H](COC(=O)CCCCCCCCCCCCCCCCCCCCCCC)COP(=O)(O)OCCN. The molecule has 0 spiro atoms. The van der Waals surface area contributed by atoms with E-state index in [0.717, 1.165) is 57.8 Å². The number of carbonyl (C=O) groups excluding carboxylic acids is 2. The van der Waals surface area contributed by atoms with E-state index in [9.17, 15) is 19.0 Å². The molecule has 10 heteroatoms. The zero-order valence-electron chi connectivity index (χ0n) is 39.4. The van der Waals surface area contributed by atoms with Crippen LogP contribution in [0.3, 0.4) is 0 Å². The van der Waals surface area contributed by atoms with Gasteiger partial charge >= 0.3 is 19.8 Å². The van der Waals surface area contributed by atoms with Gasteiger partial charge in [0.15, 0.2) is 6.10 Å². The van der Waals surface area contributed by atoms with Crippen molar-refractivity contribution in [2.45, 2.75) is 238 Å². The summed E-state index contributed by atoms with van der Waals surface area (Å²) in [4.78, 5) is 35.0. The molecule has 0 amide bonds. The second kappa shape index (κ2) is 47.4. The van der Waals surface area contributed by atoms with Gasteiger partial charge in [0.2, 0.25) is 0 Å². The monoisotopic (exact) mass is 880 g/mol. The van der Waals surface area contributed by atoms with E-state index in [1.54, 1.807) is 0 Å². The number of ether oxygens (including phenoxy) is 2. The van der Waals surface area contributed by atoms with Crippen molar-refractivity contribution in [3.05, 3.63) is 48.6 Å². The highest BCUT2D eigenvalue weighted by Gasteiger charge is 2.26. The van der Waals surface area contributed by atoms with E-state index in [1.165, 1.54) is 141 Å². The third-order valence-corrected chi connectivity index (χ3v) is 11.7. The minimum Gasteiger partial charge on any atom is -0.462 e. The van der Waals surface area contributed by atoms with E-state index < -0.39 is 26.5 Å². The maximum atomic E-state index is 12.6. The molecule has 61 heavy (non-hydrogen) atoms. The molecule has 0 bridgehead atoms.